The number of hydrogen-bond acceptors (Lipinski definition) is 8. The third-order valence-corrected chi connectivity index (χ3v) is 13.0. The second-order valence-electron chi connectivity index (χ2n) is 17.0. The number of rotatable bonds is 10. The fourth-order valence-electron chi connectivity index (χ4n) is 9.41. The summed E-state index contributed by atoms with van der Waals surface area (Å²) in [6, 6.07) is 21.5. The van der Waals surface area contributed by atoms with Crippen LogP contribution in [0.2, 0.25) is 0 Å². The summed E-state index contributed by atoms with van der Waals surface area (Å²) in [5.41, 5.74) is 2.12. The monoisotopic (exact) mass is 786 g/mol. The van der Waals surface area contributed by atoms with Crippen molar-refractivity contribution >= 4 is 46.9 Å². The summed E-state index contributed by atoms with van der Waals surface area (Å²) in [5.74, 6) is -4.66. The van der Waals surface area contributed by atoms with Gasteiger partial charge < -0.3 is 19.7 Å². The van der Waals surface area contributed by atoms with E-state index in [1.54, 1.807) is 48.5 Å². The van der Waals surface area contributed by atoms with E-state index in [-0.39, 0.29) is 41.9 Å². The van der Waals surface area contributed by atoms with Crippen molar-refractivity contribution in [3.63, 3.8) is 0 Å². The number of allylic oxidation sites excluding steroid dienone is 2. The summed E-state index contributed by atoms with van der Waals surface area (Å²) in [6.45, 7) is 6.30. The average molecular weight is 787 g/mol. The lowest BCUT2D eigenvalue weighted by Crippen LogP contribution is -2.33. The maximum Gasteiger partial charge on any atom is 0.306 e. The number of carbonyl (C=O) groups is 6. The zero-order chi connectivity index (χ0) is 41.1. The van der Waals surface area contributed by atoms with Gasteiger partial charge in [0.1, 0.15) is 22.8 Å². The first-order valence-electron chi connectivity index (χ1n) is 19.9. The topological polar surface area (TPSA) is 168 Å². The van der Waals surface area contributed by atoms with Gasteiger partial charge in [0.05, 0.1) is 46.9 Å². The number of aliphatic carboxylic acids is 2. The molecule has 4 amide bonds. The van der Waals surface area contributed by atoms with Gasteiger partial charge >= 0.3 is 11.9 Å². The molecule has 7 atom stereocenters. The Bertz CT molecular complexity index is 2240. The summed E-state index contributed by atoms with van der Waals surface area (Å²) in [6.07, 6.45) is 8.85. The van der Waals surface area contributed by atoms with E-state index >= 15 is 0 Å². The van der Waals surface area contributed by atoms with Crippen LogP contribution in [-0.2, 0) is 34.2 Å². The summed E-state index contributed by atoms with van der Waals surface area (Å²) < 4.78 is 12.5. The molecule has 2 saturated carbocycles. The molecule has 5 aliphatic rings. The van der Waals surface area contributed by atoms with Gasteiger partial charge in [-0.1, -0.05) is 38.1 Å². The molecule has 12 nitrogen and oxygen atoms in total. The van der Waals surface area contributed by atoms with E-state index in [2.05, 4.69) is 26.0 Å². The van der Waals surface area contributed by atoms with Crippen LogP contribution in [-0.4, -0.2) is 51.4 Å². The number of carbonyl (C=O) groups excluding carboxylic acids is 4. The van der Waals surface area contributed by atoms with Crippen LogP contribution in [0.5, 0.6) is 17.2 Å². The van der Waals surface area contributed by atoms with Crippen molar-refractivity contribution < 1.29 is 48.5 Å². The normalized spacial score (nSPS) is 28.2. The van der Waals surface area contributed by atoms with Crippen molar-refractivity contribution in [1.82, 2.24) is 0 Å². The van der Waals surface area contributed by atoms with Gasteiger partial charge in [0, 0.05) is 11.8 Å². The van der Waals surface area contributed by atoms with Crippen LogP contribution in [0, 0.1) is 35.5 Å². The highest BCUT2D eigenvalue weighted by Crippen LogP contribution is 2.45. The van der Waals surface area contributed by atoms with Gasteiger partial charge in [-0.05, 0) is 123 Å². The molecule has 7 unspecified atom stereocenters. The minimum Gasteiger partial charge on any atom is -0.483 e. The van der Waals surface area contributed by atoms with Crippen LogP contribution in [0.15, 0.2) is 96.6 Å². The molecule has 12 heteroatoms. The number of benzene rings is 3. The molecule has 300 valence electrons. The van der Waals surface area contributed by atoms with Crippen molar-refractivity contribution in [2.75, 3.05) is 9.80 Å². The van der Waals surface area contributed by atoms with Crippen molar-refractivity contribution in [2.45, 2.75) is 76.7 Å². The lowest BCUT2D eigenvalue weighted by atomic mass is 9.74. The second kappa shape index (κ2) is 14.7. The lowest BCUT2D eigenvalue weighted by Gasteiger charge is -2.34. The molecule has 58 heavy (non-hydrogen) atoms. The van der Waals surface area contributed by atoms with Gasteiger partial charge in [-0.25, -0.2) is 0 Å². The summed E-state index contributed by atoms with van der Waals surface area (Å²) in [5, 5.41) is 18.9. The SMILES string of the molecule is CC1(Oc2ccc(N3C(=O)C4CCC(C(=O)O)CC4C3=O)cc2)C=CC(C(C)(C)c2ccc(Oc3ccc(N4C(=O)C5CCC(C(=O)O)CC5C4=O)cc3)cc2)=CC1. The zero-order valence-electron chi connectivity index (χ0n) is 32.6. The van der Waals surface area contributed by atoms with Crippen LogP contribution in [0.1, 0.15) is 71.3 Å². The number of nitrogens with zero attached hydrogens (tertiary/aromatic N) is 2. The molecule has 0 radical (unpaired) electrons. The Morgan fingerprint density at radius 3 is 1.50 bits per heavy atom. The molecule has 4 fully saturated rings. The molecule has 0 aromatic heterocycles. The van der Waals surface area contributed by atoms with Gasteiger partial charge in [-0.3, -0.25) is 38.6 Å². The third-order valence-electron chi connectivity index (χ3n) is 13.0. The molecule has 2 heterocycles. The first-order valence-corrected chi connectivity index (χ1v) is 19.9. The second-order valence-corrected chi connectivity index (χ2v) is 17.0. The maximum atomic E-state index is 13.2. The van der Waals surface area contributed by atoms with E-state index in [4.69, 9.17) is 9.47 Å². The average Bonchev–Trinajstić information content (AvgIpc) is 3.61. The Hall–Kier alpha value is -6.04. The number of amides is 4. The van der Waals surface area contributed by atoms with Gasteiger partial charge in [0.2, 0.25) is 23.6 Å². The van der Waals surface area contributed by atoms with Gasteiger partial charge in [0.25, 0.3) is 0 Å². The van der Waals surface area contributed by atoms with Gasteiger partial charge in [-0.15, -0.1) is 0 Å². The molecular formula is C46H46N2O10. The van der Waals surface area contributed by atoms with E-state index in [1.165, 1.54) is 9.80 Å². The highest BCUT2D eigenvalue weighted by Gasteiger charge is 2.53. The Kier molecular flexibility index (Phi) is 9.85. The standard InChI is InChI=1S/C46H46N2O10/c1-45(2,28-6-12-32(13-7-28)57-33-14-8-30(9-15-33)47-39(49)35-18-4-26(43(53)54)24-37(35)41(47)51)29-20-22-46(3,23-21-29)58-34-16-10-31(11-17-34)48-40(50)36-19-5-27(44(55)56)25-38(36)42(48)52/h6-17,20-22,26-27,35-38H,4-5,18-19,23-25H2,1-3H3,(H,53,54)(H,55,56). The van der Waals surface area contributed by atoms with Crippen LogP contribution in [0.4, 0.5) is 11.4 Å². The summed E-state index contributed by atoms with van der Waals surface area (Å²) >= 11 is 0. The first kappa shape index (κ1) is 38.8. The number of anilines is 2. The molecule has 2 N–H and O–H groups in total. The smallest absolute Gasteiger partial charge is 0.306 e. The molecule has 2 aliphatic heterocycles. The van der Waals surface area contributed by atoms with Gasteiger partial charge in [-0.2, -0.15) is 0 Å². The molecule has 3 aromatic rings. The number of carboxylic acid groups (broad SMARTS) is 2. The predicted octanol–water partition coefficient (Wildman–Crippen LogP) is 7.46. The van der Waals surface area contributed by atoms with Crippen molar-refractivity contribution in [1.29, 1.82) is 0 Å². The van der Waals surface area contributed by atoms with E-state index < -0.39 is 53.0 Å². The molecule has 3 aromatic carbocycles. The highest BCUT2D eigenvalue weighted by atomic mass is 16.5. The third kappa shape index (κ3) is 6.98. The van der Waals surface area contributed by atoms with Crippen LogP contribution < -0.4 is 19.3 Å². The Morgan fingerprint density at radius 2 is 1.07 bits per heavy atom. The number of hydrogen-bond donors (Lipinski definition) is 2. The summed E-state index contributed by atoms with van der Waals surface area (Å²) in [7, 11) is 0. The van der Waals surface area contributed by atoms with E-state index in [0.717, 1.165) is 11.1 Å². The Balaban J connectivity index is 0.864. The largest absolute Gasteiger partial charge is 0.483 e. The van der Waals surface area contributed by atoms with Crippen LogP contribution in [0.3, 0.4) is 0 Å². The zero-order valence-corrected chi connectivity index (χ0v) is 32.6. The quantitative estimate of drug-likeness (QED) is 0.197. The van der Waals surface area contributed by atoms with Crippen molar-refractivity contribution in [3.8, 4) is 17.2 Å². The summed E-state index contributed by atoms with van der Waals surface area (Å²) in [4.78, 5) is 78.2. The van der Waals surface area contributed by atoms with Crippen molar-refractivity contribution in [3.05, 3.63) is 102 Å². The van der Waals surface area contributed by atoms with E-state index in [1.807, 2.05) is 37.3 Å². The highest BCUT2D eigenvalue weighted by molar-refractivity contribution is 6.23. The number of carboxylic acids is 2. The molecule has 3 aliphatic carbocycles. The fourth-order valence-corrected chi connectivity index (χ4v) is 9.41. The first-order chi connectivity index (χ1) is 27.6. The molecule has 2 saturated heterocycles. The molecular weight excluding hydrogens is 741 g/mol. The molecule has 0 bridgehead atoms. The molecule has 8 rings (SSSR count). The van der Waals surface area contributed by atoms with Crippen LogP contribution in [0.25, 0.3) is 0 Å². The fraction of sp³-hybridized carbons (Fsp3) is 0.391. The van der Waals surface area contributed by atoms with Gasteiger partial charge in [0.15, 0.2) is 0 Å². The van der Waals surface area contributed by atoms with E-state index in [0.29, 0.717) is 60.7 Å². The molecule has 0 spiro atoms. The predicted molar refractivity (Wildman–Crippen MR) is 212 cm³/mol. The minimum atomic E-state index is -0.924. The van der Waals surface area contributed by atoms with E-state index in [9.17, 15) is 39.0 Å². The van der Waals surface area contributed by atoms with Crippen molar-refractivity contribution in [2.24, 2.45) is 35.5 Å². The Morgan fingerprint density at radius 1 is 0.638 bits per heavy atom. The minimum absolute atomic E-state index is 0.185. The lowest BCUT2D eigenvalue weighted by molar-refractivity contribution is -0.145. The number of fused-ring (bicyclic) bond motifs is 2. The Labute approximate surface area is 336 Å². The number of imide groups is 2. The van der Waals surface area contributed by atoms with Crippen LogP contribution >= 0.6 is 0 Å². The number of ether oxygens (including phenoxy) is 2. The maximum absolute atomic E-state index is 13.2.